The van der Waals surface area contributed by atoms with E-state index in [0.717, 1.165) is 11.1 Å². The average Bonchev–Trinajstić information content (AvgIpc) is 2.42. The molecule has 0 spiro atoms. The second-order valence-electron chi connectivity index (χ2n) is 4.86. The number of hydrogen-bond donors (Lipinski definition) is 0. The van der Waals surface area contributed by atoms with Gasteiger partial charge in [0.15, 0.2) is 0 Å². The Bertz CT molecular complexity index is 239. The molecular weight excluding hydrogens is 272 g/mol. The normalized spacial score (nSPS) is 10.8. The minimum Gasteiger partial charge on any atom is -0.377 e. The van der Waals surface area contributed by atoms with Crippen LogP contribution in [0.2, 0.25) is 0 Å². The maximum absolute atomic E-state index is 5.36. The van der Waals surface area contributed by atoms with Crippen LogP contribution in [0, 0.1) is 0 Å². The van der Waals surface area contributed by atoms with Crippen molar-refractivity contribution >= 4 is 0 Å². The van der Waals surface area contributed by atoms with Gasteiger partial charge in [0.05, 0.1) is 66.1 Å². The third kappa shape index (κ3) is 19.3. The Morgan fingerprint density at radius 1 is 0.524 bits per heavy atom. The van der Waals surface area contributed by atoms with Gasteiger partial charge >= 0.3 is 0 Å². The first kappa shape index (κ1) is 20.3. The lowest BCUT2D eigenvalue weighted by molar-refractivity contribution is -0.00821. The Balaban J connectivity index is 2.99. The molecule has 0 aromatic carbocycles. The van der Waals surface area contributed by atoms with Crippen molar-refractivity contribution in [1.29, 1.82) is 0 Å². The first-order valence-electron chi connectivity index (χ1n) is 7.30. The fraction of sp³-hybridized carbons (Fsp3) is 0.750. The van der Waals surface area contributed by atoms with Crippen molar-refractivity contribution in [3.63, 3.8) is 0 Å². The van der Waals surface area contributed by atoms with E-state index in [1.807, 2.05) is 13.8 Å². The summed E-state index contributed by atoms with van der Waals surface area (Å²) in [6.07, 6.45) is 0. The molecule has 0 bridgehead atoms. The molecule has 0 aliphatic rings. The fourth-order valence-corrected chi connectivity index (χ4v) is 1.27. The second kappa shape index (κ2) is 15.7. The van der Waals surface area contributed by atoms with E-state index in [-0.39, 0.29) is 0 Å². The quantitative estimate of drug-likeness (QED) is 0.323. The van der Waals surface area contributed by atoms with Gasteiger partial charge in [-0.3, -0.25) is 0 Å². The van der Waals surface area contributed by atoms with Crippen LogP contribution in [0.5, 0.6) is 0 Å². The van der Waals surface area contributed by atoms with Crippen molar-refractivity contribution in [2.45, 2.75) is 13.8 Å². The monoisotopic (exact) mass is 302 g/mol. The minimum atomic E-state index is 0.565. The van der Waals surface area contributed by atoms with Crippen LogP contribution in [0.4, 0.5) is 0 Å². The van der Waals surface area contributed by atoms with E-state index in [4.69, 9.17) is 23.7 Å². The molecule has 5 nitrogen and oxygen atoms in total. The summed E-state index contributed by atoms with van der Waals surface area (Å²) >= 11 is 0. The fourth-order valence-electron chi connectivity index (χ4n) is 1.27. The van der Waals surface area contributed by atoms with Crippen molar-refractivity contribution in [2.24, 2.45) is 0 Å². The Labute approximate surface area is 128 Å². The Morgan fingerprint density at radius 2 is 0.762 bits per heavy atom. The molecule has 0 saturated heterocycles. The van der Waals surface area contributed by atoms with Crippen LogP contribution in [0.1, 0.15) is 13.8 Å². The molecule has 5 heteroatoms. The zero-order valence-electron chi connectivity index (χ0n) is 13.5. The molecule has 0 saturated carbocycles. The molecule has 0 aliphatic heterocycles. The molecule has 21 heavy (non-hydrogen) atoms. The standard InChI is InChI=1S/C16H30O5/c1-15(2)13-20-11-9-18-7-5-17-6-8-19-10-12-21-14-16(3)4/h1,3,5-14H2,2,4H3. The van der Waals surface area contributed by atoms with Crippen molar-refractivity contribution in [1.82, 2.24) is 0 Å². The van der Waals surface area contributed by atoms with Gasteiger partial charge in [-0.15, -0.1) is 0 Å². The van der Waals surface area contributed by atoms with Gasteiger partial charge in [0.25, 0.3) is 0 Å². The molecule has 0 radical (unpaired) electrons. The van der Waals surface area contributed by atoms with E-state index >= 15 is 0 Å². The van der Waals surface area contributed by atoms with Gasteiger partial charge in [0.2, 0.25) is 0 Å². The van der Waals surface area contributed by atoms with Gasteiger partial charge in [0, 0.05) is 0 Å². The zero-order valence-corrected chi connectivity index (χ0v) is 13.5. The third-order valence-corrected chi connectivity index (χ3v) is 2.18. The van der Waals surface area contributed by atoms with Gasteiger partial charge in [-0.25, -0.2) is 0 Å². The first-order valence-corrected chi connectivity index (χ1v) is 7.30. The van der Waals surface area contributed by atoms with Crippen LogP contribution in [-0.4, -0.2) is 66.1 Å². The van der Waals surface area contributed by atoms with E-state index in [9.17, 15) is 0 Å². The second-order valence-corrected chi connectivity index (χ2v) is 4.86. The molecule has 0 heterocycles. The molecule has 0 unspecified atom stereocenters. The summed E-state index contributed by atoms with van der Waals surface area (Å²) in [5, 5.41) is 0. The molecule has 0 amide bonds. The predicted molar refractivity (Wildman–Crippen MR) is 83.7 cm³/mol. The molecule has 124 valence electrons. The predicted octanol–water partition coefficient (Wildman–Crippen LogP) is 2.22. The largest absolute Gasteiger partial charge is 0.377 e. The lowest BCUT2D eigenvalue weighted by atomic mass is 10.4. The highest BCUT2D eigenvalue weighted by molar-refractivity contribution is 4.87. The number of hydrogen-bond acceptors (Lipinski definition) is 5. The molecule has 0 atom stereocenters. The van der Waals surface area contributed by atoms with Crippen LogP contribution in [0.25, 0.3) is 0 Å². The molecular formula is C16H30O5. The van der Waals surface area contributed by atoms with Gasteiger partial charge in [-0.2, -0.15) is 0 Å². The first-order chi connectivity index (χ1) is 10.1. The van der Waals surface area contributed by atoms with Gasteiger partial charge in [0.1, 0.15) is 0 Å². The van der Waals surface area contributed by atoms with Gasteiger partial charge in [-0.1, -0.05) is 24.3 Å². The molecule has 0 fully saturated rings. The summed E-state index contributed by atoms with van der Waals surface area (Å²) in [5.41, 5.74) is 2.03. The van der Waals surface area contributed by atoms with Gasteiger partial charge < -0.3 is 23.7 Å². The summed E-state index contributed by atoms with van der Waals surface area (Å²) in [7, 11) is 0. The van der Waals surface area contributed by atoms with Crippen LogP contribution in [0.3, 0.4) is 0 Å². The summed E-state index contributed by atoms with van der Waals surface area (Å²) in [5.74, 6) is 0. The highest BCUT2D eigenvalue weighted by Crippen LogP contribution is 1.89. The maximum atomic E-state index is 5.36. The Hall–Kier alpha value is -0.720. The van der Waals surface area contributed by atoms with Crippen molar-refractivity contribution in [2.75, 3.05) is 66.1 Å². The van der Waals surface area contributed by atoms with E-state index in [1.165, 1.54) is 0 Å². The summed E-state index contributed by atoms with van der Waals surface area (Å²) in [6, 6.07) is 0. The molecule has 0 N–H and O–H groups in total. The van der Waals surface area contributed by atoms with E-state index in [1.54, 1.807) is 0 Å². The number of rotatable bonds is 16. The zero-order chi connectivity index (χ0) is 15.8. The smallest absolute Gasteiger partial charge is 0.0704 e. The third-order valence-electron chi connectivity index (χ3n) is 2.18. The average molecular weight is 302 g/mol. The SMILES string of the molecule is C=C(C)COCCOCCOCCOCCOCC(=C)C. The van der Waals surface area contributed by atoms with E-state index < -0.39 is 0 Å². The maximum Gasteiger partial charge on any atom is 0.0704 e. The highest BCUT2D eigenvalue weighted by atomic mass is 16.6. The van der Waals surface area contributed by atoms with Crippen molar-refractivity contribution in [3.05, 3.63) is 24.3 Å². The van der Waals surface area contributed by atoms with E-state index in [2.05, 4.69) is 13.2 Å². The molecule has 0 aromatic rings. The lowest BCUT2D eigenvalue weighted by Gasteiger charge is -2.08. The van der Waals surface area contributed by atoms with Gasteiger partial charge in [-0.05, 0) is 13.8 Å². The molecule has 0 rings (SSSR count). The lowest BCUT2D eigenvalue weighted by Crippen LogP contribution is -2.13. The summed E-state index contributed by atoms with van der Waals surface area (Å²) in [6.45, 7) is 17.1. The van der Waals surface area contributed by atoms with Crippen LogP contribution in [0.15, 0.2) is 24.3 Å². The Morgan fingerprint density at radius 3 is 1.00 bits per heavy atom. The summed E-state index contributed by atoms with van der Waals surface area (Å²) in [4.78, 5) is 0. The summed E-state index contributed by atoms with van der Waals surface area (Å²) < 4.78 is 26.7. The van der Waals surface area contributed by atoms with Crippen LogP contribution in [-0.2, 0) is 23.7 Å². The Kier molecular flexibility index (Phi) is 15.1. The highest BCUT2D eigenvalue weighted by Gasteiger charge is 1.93. The van der Waals surface area contributed by atoms with Crippen LogP contribution < -0.4 is 0 Å². The topological polar surface area (TPSA) is 46.2 Å². The van der Waals surface area contributed by atoms with Crippen molar-refractivity contribution < 1.29 is 23.7 Å². The van der Waals surface area contributed by atoms with E-state index in [0.29, 0.717) is 66.1 Å². The molecule has 0 aromatic heterocycles. The minimum absolute atomic E-state index is 0.565. The van der Waals surface area contributed by atoms with Crippen LogP contribution >= 0.6 is 0 Å². The van der Waals surface area contributed by atoms with Crippen molar-refractivity contribution in [3.8, 4) is 0 Å². The number of ether oxygens (including phenoxy) is 5. The molecule has 0 aliphatic carbocycles.